The molecular weight excluding hydrogens is 790 g/mol. The summed E-state index contributed by atoms with van der Waals surface area (Å²) >= 11 is 0. The van der Waals surface area contributed by atoms with Crippen LogP contribution < -0.4 is 31.9 Å². The lowest BCUT2D eigenvalue weighted by Crippen LogP contribution is -2.60. The van der Waals surface area contributed by atoms with Crippen LogP contribution in [0.25, 0.3) is 0 Å². The predicted octanol–water partition coefficient (Wildman–Crippen LogP) is -0.653. The molecule has 1 saturated heterocycles. The minimum atomic E-state index is -1.53. The summed E-state index contributed by atoms with van der Waals surface area (Å²) in [6.07, 6.45) is 3.86. The quantitative estimate of drug-likeness (QED) is 0.0516. The monoisotopic (exact) mass is 851 g/mol. The summed E-state index contributed by atoms with van der Waals surface area (Å²) in [5.74, 6) is -11.3. The van der Waals surface area contributed by atoms with E-state index in [4.69, 9.17) is 10.2 Å². The fourth-order valence-corrected chi connectivity index (χ4v) is 7.35. The molecule has 6 atom stereocenters. The van der Waals surface area contributed by atoms with Crippen LogP contribution in [0.4, 0.5) is 0 Å². The smallest absolute Gasteiger partial charge is 0.322 e. The Morgan fingerprint density at radius 1 is 0.633 bits per heavy atom. The average Bonchev–Trinajstić information content (AvgIpc) is 3.68. The Morgan fingerprint density at radius 3 is 1.73 bits per heavy atom. The van der Waals surface area contributed by atoms with Gasteiger partial charge in [0, 0.05) is 26.3 Å². The summed E-state index contributed by atoms with van der Waals surface area (Å²) in [6, 6.07) is -7.71. The highest BCUT2D eigenvalue weighted by Gasteiger charge is 2.41. The number of Topliss-reactive ketones (excluding diaryl/α,β-unsaturated/α-hetero) is 1. The largest absolute Gasteiger partial charge is 0.481 e. The lowest BCUT2D eigenvalue weighted by atomic mass is 9.84. The van der Waals surface area contributed by atoms with E-state index < -0.39 is 133 Å². The molecule has 0 radical (unpaired) electrons. The van der Waals surface area contributed by atoms with Crippen LogP contribution in [0.5, 0.6) is 0 Å². The lowest BCUT2D eigenvalue weighted by Gasteiger charge is -2.33. The van der Waals surface area contributed by atoms with E-state index in [-0.39, 0.29) is 38.1 Å². The fraction of sp³-hybridized carbons (Fsp3) is 0.718. The van der Waals surface area contributed by atoms with Crippen LogP contribution in [0, 0.1) is 11.8 Å². The molecule has 1 heterocycles. The normalized spacial score (nSPS) is 17.8. The van der Waals surface area contributed by atoms with Gasteiger partial charge in [-0.15, -0.1) is 0 Å². The topological polar surface area (TPSA) is 324 Å². The highest BCUT2D eigenvalue weighted by molar-refractivity contribution is 6.38. The first kappa shape index (κ1) is 50.5. The third-order valence-electron chi connectivity index (χ3n) is 10.4. The van der Waals surface area contributed by atoms with Crippen LogP contribution in [0.3, 0.4) is 0 Å². The van der Waals surface area contributed by atoms with Gasteiger partial charge in [0.1, 0.15) is 36.8 Å². The number of nitrogens with one attached hydrogen (secondary N) is 6. The first-order valence-electron chi connectivity index (χ1n) is 20.5. The molecule has 0 aromatic carbocycles. The molecule has 0 aromatic rings. The molecule has 2 aliphatic rings. The Hall–Kier alpha value is -5.63. The highest BCUT2D eigenvalue weighted by Crippen LogP contribution is 2.29. The first-order chi connectivity index (χ1) is 28.2. The highest BCUT2D eigenvalue weighted by atomic mass is 16.4. The average molecular weight is 852 g/mol. The van der Waals surface area contributed by atoms with Gasteiger partial charge in [0.15, 0.2) is 0 Å². The van der Waals surface area contributed by atoms with Crippen molar-refractivity contribution in [3.8, 4) is 0 Å². The zero-order chi connectivity index (χ0) is 45.1. The number of rotatable bonds is 25. The van der Waals surface area contributed by atoms with E-state index >= 15 is 0 Å². The second kappa shape index (κ2) is 25.1. The van der Waals surface area contributed by atoms with E-state index in [9.17, 15) is 57.8 Å². The zero-order valence-electron chi connectivity index (χ0n) is 34.7. The van der Waals surface area contributed by atoms with E-state index in [1.54, 1.807) is 20.8 Å². The molecule has 0 bridgehead atoms. The molecule has 1 saturated carbocycles. The SMILES string of the molecule is CCCC(NC(=O)[C@@H]1CCCN1C(=O)C(CC1CCCCC1)NC(=O)C(NC(=O)C(CCC(=O)O)NC(=O)C(CCC(=O)O)NC(C)=O)C(C)C)C(=O)C(=O)NCC(=O)O. The van der Waals surface area contributed by atoms with Gasteiger partial charge in [-0.2, -0.15) is 0 Å². The van der Waals surface area contributed by atoms with Crippen molar-refractivity contribution in [3.63, 3.8) is 0 Å². The molecule has 21 nitrogen and oxygen atoms in total. The van der Waals surface area contributed by atoms with Crippen molar-refractivity contribution in [2.75, 3.05) is 13.1 Å². The predicted molar refractivity (Wildman–Crippen MR) is 210 cm³/mol. The molecule has 7 amide bonds. The van der Waals surface area contributed by atoms with E-state index in [1.165, 1.54) is 4.90 Å². The van der Waals surface area contributed by atoms with E-state index in [0.29, 0.717) is 12.8 Å². The molecular formula is C39H61N7O14. The summed E-state index contributed by atoms with van der Waals surface area (Å²) < 4.78 is 0. The van der Waals surface area contributed by atoms with Gasteiger partial charge in [0.05, 0.1) is 6.04 Å². The number of ketones is 1. The molecule has 0 spiro atoms. The first-order valence-corrected chi connectivity index (χ1v) is 20.5. The van der Waals surface area contributed by atoms with Crippen molar-refractivity contribution < 1.29 is 68.1 Å². The Bertz CT molecular complexity index is 1600. The van der Waals surface area contributed by atoms with Crippen LogP contribution in [-0.2, 0) is 52.7 Å². The third kappa shape index (κ3) is 16.9. The number of carbonyl (C=O) groups excluding carboxylic acids is 8. The maximum atomic E-state index is 14.4. The molecule has 9 N–H and O–H groups in total. The van der Waals surface area contributed by atoms with Crippen LogP contribution in [-0.4, -0.2) is 135 Å². The summed E-state index contributed by atoms with van der Waals surface area (Å²) in [7, 11) is 0. The van der Waals surface area contributed by atoms with Crippen molar-refractivity contribution in [1.29, 1.82) is 0 Å². The zero-order valence-corrected chi connectivity index (χ0v) is 34.7. The molecule has 0 aromatic heterocycles. The number of hydrogen-bond donors (Lipinski definition) is 9. The van der Waals surface area contributed by atoms with Gasteiger partial charge in [-0.1, -0.05) is 59.3 Å². The van der Waals surface area contributed by atoms with Gasteiger partial charge in [-0.25, -0.2) is 0 Å². The van der Waals surface area contributed by atoms with Crippen molar-refractivity contribution in [2.24, 2.45) is 11.8 Å². The van der Waals surface area contributed by atoms with Crippen LogP contribution in [0.1, 0.15) is 118 Å². The number of carbonyl (C=O) groups is 11. The second-order valence-electron chi connectivity index (χ2n) is 15.7. The Kier molecular flexibility index (Phi) is 21.1. The number of likely N-dealkylation sites (tertiary alicyclic amines) is 1. The summed E-state index contributed by atoms with van der Waals surface area (Å²) in [5.41, 5.74) is 0. The summed E-state index contributed by atoms with van der Waals surface area (Å²) in [5, 5.41) is 41.9. The van der Waals surface area contributed by atoms with Crippen molar-refractivity contribution in [2.45, 2.75) is 154 Å². The number of nitrogens with zero attached hydrogens (tertiary/aromatic N) is 1. The minimum absolute atomic E-state index is 0.0409. The molecule has 1 aliphatic carbocycles. The van der Waals surface area contributed by atoms with E-state index in [0.717, 1.165) is 39.0 Å². The van der Waals surface area contributed by atoms with Gasteiger partial charge in [0.2, 0.25) is 41.2 Å². The Morgan fingerprint density at radius 2 is 1.20 bits per heavy atom. The van der Waals surface area contributed by atoms with Gasteiger partial charge in [-0.3, -0.25) is 52.7 Å². The Balaban J connectivity index is 2.34. The number of carboxylic acid groups (broad SMARTS) is 3. The fourth-order valence-electron chi connectivity index (χ4n) is 7.35. The number of hydrogen-bond acceptors (Lipinski definition) is 11. The molecule has 1 aliphatic heterocycles. The van der Waals surface area contributed by atoms with Crippen LogP contribution in [0.2, 0.25) is 0 Å². The lowest BCUT2D eigenvalue weighted by molar-refractivity contribution is -0.144. The van der Waals surface area contributed by atoms with E-state index in [2.05, 4.69) is 26.6 Å². The number of aliphatic carboxylic acids is 3. The molecule has 60 heavy (non-hydrogen) atoms. The van der Waals surface area contributed by atoms with Crippen molar-refractivity contribution >= 4 is 65.0 Å². The summed E-state index contributed by atoms with van der Waals surface area (Å²) in [4.78, 5) is 141. The third-order valence-corrected chi connectivity index (χ3v) is 10.4. The second-order valence-corrected chi connectivity index (χ2v) is 15.7. The molecule has 5 unspecified atom stereocenters. The van der Waals surface area contributed by atoms with Gasteiger partial charge in [-0.05, 0) is 50.4 Å². The van der Waals surface area contributed by atoms with Crippen molar-refractivity contribution in [3.05, 3.63) is 0 Å². The number of amides is 7. The molecule has 336 valence electrons. The maximum Gasteiger partial charge on any atom is 0.322 e. The van der Waals surface area contributed by atoms with Crippen LogP contribution >= 0.6 is 0 Å². The van der Waals surface area contributed by atoms with Crippen LogP contribution in [0.15, 0.2) is 0 Å². The van der Waals surface area contributed by atoms with Gasteiger partial charge >= 0.3 is 17.9 Å². The minimum Gasteiger partial charge on any atom is -0.481 e. The van der Waals surface area contributed by atoms with Crippen molar-refractivity contribution in [1.82, 2.24) is 36.8 Å². The summed E-state index contributed by atoms with van der Waals surface area (Å²) in [6.45, 7) is 5.40. The van der Waals surface area contributed by atoms with Gasteiger partial charge in [0.25, 0.3) is 5.91 Å². The maximum absolute atomic E-state index is 14.4. The standard InChI is InChI=1S/C39H61N7O14/c1-5-10-24(33(54)38(59)40-20-31(52)53)42-36(57)28-13-9-18-46(28)39(60)27(19-23-11-7-6-8-12-23)44-37(58)32(21(2)3)45-35(56)26(15-17-30(50)51)43-34(55)25(41-22(4)47)14-16-29(48)49/h21,23-28,32H,5-20H2,1-4H3,(H,40,59)(H,41,47)(H,42,57)(H,43,55)(H,44,58)(H,45,56)(H,48,49)(H,50,51)(H,52,53)/t24?,25?,26?,27?,28-,32?/m0/s1. The number of carboxylic acids is 3. The Labute approximate surface area is 348 Å². The molecule has 2 rings (SSSR count). The molecule has 21 heteroatoms. The van der Waals surface area contributed by atoms with Gasteiger partial charge < -0.3 is 52.1 Å². The van der Waals surface area contributed by atoms with E-state index in [1.807, 2.05) is 5.32 Å². The molecule has 2 fully saturated rings.